The molecule has 1 aromatic carbocycles. The summed E-state index contributed by atoms with van der Waals surface area (Å²) in [6.45, 7) is 13.3. The number of carboxylic acid groups (broad SMARTS) is 1. The monoisotopic (exact) mass is 523 g/mol. The number of ether oxygens (including phenoxy) is 1. The molecule has 7 nitrogen and oxygen atoms in total. The van der Waals surface area contributed by atoms with Crippen molar-refractivity contribution in [3.8, 4) is 5.75 Å². The van der Waals surface area contributed by atoms with Crippen molar-refractivity contribution < 1.29 is 27.9 Å². The number of rotatable bonds is 12. The molecule has 0 bridgehead atoms. The maximum Gasteiger partial charge on any atom is 0.304 e. The van der Waals surface area contributed by atoms with Crippen LogP contribution < -0.4 is 9.46 Å². The predicted octanol–water partition coefficient (Wildman–Crippen LogP) is 5.22. The summed E-state index contributed by atoms with van der Waals surface area (Å²) in [5.74, 6) is -0.379. The van der Waals surface area contributed by atoms with E-state index in [-0.39, 0.29) is 29.6 Å². The van der Waals surface area contributed by atoms with Gasteiger partial charge in [-0.25, -0.2) is 13.1 Å². The summed E-state index contributed by atoms with van der Waals surface area (Å²) >= 11 is 1.23. The number of carbonyl (C=O) groups is 2. The molecule has 35 heavy (non-hydrogen) atoms. The van der Waals surface area contributed by atoms with Crippen molar-refractivity contribution >= 4 is 33.1 Å². The lowest BCUT2D eigenvalue weighted by atomic mass is 9.74. The summed E-state index contributed by atoms with van der Waals surface area (Å²) in [6, 6.07) is 7.85. The van der Waals surface area contributed by atoms with E-state index in [4.69, 9.17) is 9.84 Å². The first-order chi connectivity index (χ1) is 16.2. The van der Waals surface area contributed by atoms with Crippen molar-refractivity contribution in [2.24, 2.45) is 5.41 Å². The summed E-state index contributed by atoms with van der Waals surface area (Å²) in [4.78, 5) is 24.0. The van der Waals surface area contributed by atoms with Gasteiger partial charge in [0.15, 0.2) is 5.78 Å². The number of hydrogen-bond donors (Lipinski definition) is 2. The van der Waals surface area contributed by atoms with Gasteiger partial charge in [-0.3, -0.25) is 9.59 Å². The number of sulfonamides is 1. The molecule has 0 radical (unpaired) electrons. The van der Waals surface area contributed by atoms with Crippen molar-refractivity contribution in [1.82, 2.24) is 4.72 Å². The van der Waals surface area contributed by atoms with E-state index in [1.165, 1.54) is 11.3 Å². The molecule has 0 amide bonds. The van der Waals surface area contributed by atoms with Gasteiger partial charge in [-0.1, -0.05) is 46.8 Å². The van der Waals surface area contributed by atoms with Crippen LogP contribution in [0.4, 0.5) is 0 Å². The maximum absolute atomic E-state index is 12.8. The van der Waals surface area contributed by atoms with Gasteiger partial charge in [-0.15, -0.1) is 11.3 Å². The molecule has 0 fully saturated rings. The Hall–Kier alpha value is -2.23. The zero-order valence-electron chi connectivity index (χ0n) is 21.6. The molecule has 0 atom stereocenters. The summed E-state index contributed by atoms with van der Waals surface area (Å²) in [6.07, 6.45) is 1.24. The minimum Gasteiger partial charge on any atom is -0.486 e. The van der Waals surface area contributed by atoms with Gasteiger partial charge in [0.1, 0.15) is 16.6 Å². The molecule has 0 spiro atoms. The van der Waals surface area contributed by atoms with E-state index in [9.17, 15) is 18.0 Å². The summed E-state index contributed by atoms with van der Waals surface area (Å²) in [5.41, 5.74) is 1.74. The van der Waals surface area contributed by atoms with E-state index in [0.29, 0.717) is 11.3 Å². The third-order valence-electron chi connectivity index (χ3n) is 6.35. The molecular weight excluding hydrogens is 486 g/mol. The van der Waals surface area contributed by atoms with Crippen LogP contribution >= 0.6 is 11.3 Å². The van der Waals surface area contributed by atoms with Crippen LogP contribution in [0.2, 0.25) is 0 Å². The summed E-state index contributed by atoms with van der Waals surface area (Å²) in [5, 5.41) is 8.82. The van der Waals surface area contributed by atoms with Gasteiger partial charge in [0.25, 0.3) is 0 Å². The fraction of sp³-hybridized carbons (Fsp3) is 0.538. The van der Waals surface area contributed by atoms with Crippen LogP contribution in [-0.2, 0) is 25.0 Å². The first-order valence-electron chi connectivity index (χ1n) is 11.8. The Labute approximate surface area is 213 Å². The van der Waals surface area contributed by atoms with Gasteiger partial charge in [0.2, 0.25) is 10.0 Å². The smallest absolute Gasteiger partial charge is 0.304 e. The average Bonchev–Trinajstić information content (AvgIpc) is 3.16. The Balaban J connectivity index is 2.39. The summed E-state index contributed by atoms with van der Waals surface area (Å²) < 4.78 is 34.1. The van der Waals surface area contributed by atoms with Gasteiger partial charge in [0, 0.05) is 22.3 Å². The Kier molecular flexibility index (Phi) is 9.30. The van der Waals surface area contributed by atoms with Crippen LogP contribution in [0.5, 0.6) is 5.75 Å². The highest BCUT2D eigenvalue weighted by molar-refractivity contribution is 7.91. The number of Topliss-reactive ketones (excluding diaryl/α,β-unsaturated/α-hetero) is 1. The Morgan fingerprint density at radius 3 is 2.20 bits per heavy atom. The third kappa shape index (κ3) is 6.71. The molecule has 1 aromatic heterocycles. The van der Waals surface area contributed by atoms with Gasteiger partial charge in [0.05, 0.1) is 6.42 Å². The van der Waals surface area contributed by atoms with Crippen molar-refractivity contribution in [2.75, 3.05) is 13.2 Å². The van der Waals surface area contributed by atoms with E-state index in [2.05, 4.69) is 24.6 Å². The van der Waals surface area contributed by atoms with Crippen LogP contribution in [0.1, 0.15) is 75.4 Å². The standard InChI is InChI=1S/C26H37NO6S2/c1-8-26(9-2,19-10-11-20(17(3)14-19)33-16-21(28)25(5,6)7)22-15-18(4)24(34-22)35(31,32)27-13-12-23(29)30/h10-11,14-15,27H,8-9,12-13,16H2,1-7H3,(H,29,30). The average molecular weight is 524 g/mol. The number of hydrogen-bond acceptors (Lipinski definition) is 6. The molecule has 0 aliphatic rings. The number of thiophene rings is 1. The lowest BCUT2D eigenvalue weighted by Crippen LogP contribution is -2.27. The number of carboxylic acids is 1. The zero-order valence-corrected chi connectivity index (χ0v) is 23.3. The van der Waals surface area contributed by atoms with Gasteiger partial charge in [-0.2, -0.15) is 0 Å². The first-order valence-corrected chi connectivity index (χ1v) is 14.1. The molecule has 0 unspecified atom stereocenters. The third-order valence-corrected chi connectivity index (χ3v) is 9.89. The summed E-state index contributed by atoms with van der Waals surface area (Å²) in [7, 11) is -3.81. The van der Waals surface area contributed by atoms with Crippen molar-refractivity contribution in [3.63, 3.8) is 0 Å². The lowest BCUT2D eigenvalue weighted by molar-refractivity contribution is -0.136. The molecule has 0 aliphatic heterocycles. The van der Waals surface area contributed by atoms with Gasteiger partial charge in [-0.05, 0) is 55.5 Å². The van der Waals surface area contributed by atoms with Crippen molar-refractivity contribution in [1.29, 1.82) is 0 Å². The van der Waals surface area contributed by atoms with E-state index < -0.39 is 26.8 Å². The highest BCUT2D eigenvalue weighted by atomic mass is 32.2. The highest BCUT2D eigenvalue weighted by Gasteiger charge is 2.35. The van der Waals surface area contributed by atoms with Crippen molar-refractivity contribution in [3.05, 3.63) is 45.8 Å². The number of carbonyl (C=O) groups excluding carboxylic acids is 1. The van der Waals surface area contributed by atoms with Crippen LogP contribution in [0, 0.1) is 19.3 Å². The van der Waals surface area contributed by atoms with E-state index in [1.807, 2.05) is 45.9 Å². The fourth-order valence-electron chi connectivity index (χ4n) is 3.94. The molecule has 0 saturated heterocycles. The SMILES string of the molecule is CCC(CC)(c1ccc(OCC(=O)C(C)(C)C)c(C)c1)c1cc(C)c(S(=O)(=O)NCCC(=O)O)s1. The van der Waals surface area contributed by atoms with E-state index in [0.717, 1.165) is 28.8 Å². The number of ketones is 1. The molecule has 0 aliphatic carbocycles. The van der Waals surface area contributed by atoms with Crippen LogP contribution in [0.25, 0.3) is 0 Å². The zero-order chi connectivity index (χ0) is 26.6. The van der Waals surface area contributed by atoms with Crippen molar-refractivity contribution in [2.45, 2.75) is 77.4 Å². The molecule has 2 aromatic rings. The number of benzene rings is 1. The number of aryl methyl sites for hydroxylation is 2. The number of nitrogens with one attached hydrogen (secondary N) is 1. The van der Waals surface area contributed by atoms with Crippen LogP contribution in [-0.4, -0.2) is 38.4 Å². The first kappa shape index (κ1) is 29.0. The molecular formula is C26H37NO6S2. The maximum atomic E-state index is 12.8. The minimum atomic E-state index is -3.81. The van der Waals surface area contributed by atoms with Gasteiger partial charge < -0.3 is 9.84 Å². The molecule has 194 valence electrons. The van der Waals surface area contributed by atoms with E-state index in [1.54, 1.807) is 6.92 Å². The highest BCUT2D eigenvalue weighted by Crippen LogP contribution is 2.45. The predicted molar refractivity (Wildman–Crippen MR) is 139 cm³/mol. The molecule has 0 saturated carbocycles. The van der Waals surface area contributed by atoms with Gasteiger partial charge >= 0.3 is 5.97 Å². The Morgan fingerprint density at radius 2 is 1.69 bits per heavy atom. The minimum absolute atomic E-state index is 0.0105. The second-order valence-electron chi connectivity index (χ2n) is 9.85. The Bertz CT molecular complexity index is 1170. The molecule has 2 rings (SSSR count). The van der Waals surface area contributed by atoms with E-state index >= 15 is 0 Å². The second kappa shape index (κ2) is 11.2. The number of aliphatic carboxylic acids is 1. The normalized spacial score (nSPS) is 12.5. The topological polar surface area (TPSA) is 110 Å². The van der Waals surface area contributed by atoms with Crippen LogP contribution in [0.3, 0.4) is 0 Å². The molecule has 9 heteroatoms. The van der Waals surface area contributed by atoms with Crippen LogP contribution in [0.15, 0.2) is 28.5 Å². The molecule has 2 N–H and O–H groups in total. The second-order valence-corrected chi connectivity index (χ2v) is 12.9. The lowest BCUT2D eigenvalue weighted by Gasteiger charge is -2.32. The quantitative estimate of drug-likeness (QED) is 0.395. The largest absolute Gasteiger partial charge is 0.486 e. The fourth-order valence-corrected chi connectivity index (χ4v) is 7.07. The Morgan fingerprint density at radius 1 is 1.06 bits per heavy atom. The molecule has 1 heterocycles.